The largest absolute Gasteiger partial charge is 0.497 e. The highest BCUT2D eigenvalue weighted by molar-refractivity contribution is 5.96. The van der Waals surface area contributed by atoms with Crippen molar-refractivity contribution < 1.29 is 19.1 Å². The van der Waals surface area contributed by atoms with E-state index in [9.17, 15) is 14.4 Å². The molecule has 7 heteroatoms. The maximum absolute atomic E-state index is 13.2. The second-order valence-electron chi connectivity index (χ2n) is 8.02. The fraction of sp³-hybridized carbons (Fsp3) is 0.400. The van der Waals surface area contributed by atoms with Crippen molar-refractivity contribution in [2.75, 3.05) is 33.3 Å². The van der Waals surface area contributed by atoms with Gasteiger partial charge in [-0.2, -0.15) is 0 Å². The van der Waals surface area contributed by atoms with Gasteiger partial charge in [-0.05, 0) is 42.7 Å². The van der Waals surface area contributed by atoms with Gasteiger partial charge in [0, 0.05) is 38.7 Å². The Morgan fingerprint density at radius 2 is 1.81 bits per heavy atom. The molecule has 7 nitrogen and oxygen atoms in total. The smallest absolute Gasteiger partial charge is 0.254 e. The van der Waals surface area contributed by atoms with Crippen molar-refractivity contribution in [3.8, 4) is 5.75 Å². The molecule has 0 aliphatic carbocycles. The summed E-state index contributed by atoms with van der Waals surface area (Å²) in [4.78, 5) is 41.9. The Hall–Kier alpha value is -3.35. The van der Waals surface area contributed by atoms with Crippen LogP contribution in [0.2, 0.25) is 0 Å². The van der Waals surface area contributed by atoms with Crippen LogP contribution in [0.1, 0.15) is 47.3 Å². The molecule has 170 valence electrons. The van der Waals surface area contributed by atoms with E-state index in [1.165, 1.54) is 6.92 Å². The summed E-state index contributed by atoms with van der Waals surface area (Å²) in [5.41, 5.74) is 2.37. The van der Waals surface area contributed by atoms with E-state index in [1.54, 1.807) is 29.0 Å². The molecule has 1 N–H and O–H groups in total. The van der Waals surface area contributed by atoms with E-state index in [2.05, 4.69) is 5.32 Å². The number of nitrogens with zero attached hydrogens (tertiary/aromatic N) is 2. The zero-order valence-corrected chi connectivity index (χ0v) is 19.0. The van der Waals surface area contributed by atoms with Gasteiger partial charge in [0.25, 0.3) is 5.91 Å². The molecule has 0 aromatic heterocycles. The normalized spacial score (nSPS) is 17.8. The van der Waals surface area contributed by atoms with Gasteiger partial charge in [0.1, 0.15) is 5.75 Å². The number of hydrogen-bond donors (Lipinski definition) is 1. The summed E-state index contributed by atoms with van der Waals surface area (Å²) in [5.74, 6) is 0.384. The minimum absolute atomic E-state index is 0.0882. The molecule has 1 aliphatic rings. The monoisotopic (exact) mass is 437 g/mol. The summed E-state index contributed by atoms with van der Waals surface area (Å²) >= 11 is 0. The van der Waals surface area contributed by atoms with Gasteiger partial charge in [-0.1, -0.05) is 30.3 Å². The molecule has 2 aromatic carbocycles. The fourth-order valence-electron chi connectivity index (χ4n) is 4.11. The van der Waals surface area contributed by atoms with E-state index in [-0.39, 0.29) is 30.2 Å². The lowest BCUT2D eigenvalue weighted by molar-refractivity contribution is -0.132. The average Bonchev–Trinajstić information content (AvgIpc) is 2.82. The number of carbonyl (C=O) groups is 3. The van der Waals surface area contributed by atoms with Crippen molar-refractivity contribution in [1.29, 1.82) is 0 Å². The Kier molecular flexibility index (Phi) is 7.87. The number of hydrogen-bond acceptors (Lipinski definition) is 4. The quantitative estimate of drug-likeness (QED) is 0.801. The Morgan fingerprint density at radius 3 is 2.47 bits per heavy atom. The summed E-state index contributed by atoms with van der Waals surface area (Å²) in [5, 5.41) is 2.92. The van der Waals surface area contributed by atoms with Gasteiger partial charge in [0.15, 0.2) is 0 Å². The maximum Gasteiger partial charge on any atom is 0.254 e. The topological polar surface area (TPSA) is 79.0 Å². The van der Waals surface area contributed by atoms with Crippen molar-refractivity contribution in [3.63, 3.8) is 0 Å². The molecule has 3 amide bonds. The van der Waals surface area contributed by atoms with E-state index in [0.717, 1.165) is 11.1 Å². The molecule has 1 unspecified atom stereocenters. The zero-order valence-electron chi connectivity index (χ0n) is 19.0. The van der Waals surface area contributed by atoms with Crippen LogP contribution in [-0.2, 0) is 9.59 Å². The summed E-state index contributed by atoms with van der Waals surface area (Å²) in [7, 11) is 1.59. The van der Waals surface area contributed by atoms with Gasteiger partial charge in [-0.3, -0.25) is 14.4 Å². The Bertz CT molecular complexity index is 961. The standard InChI is InChI=1S/C25H31N3O4/c1-18-16-21(32-3)10-11-22(18)25(31)27-13-7-14-28(19(2)29)23(17-24(30)26-12-15-27)20-8-5-4-6-9-20/h4-6,8-11,16,23H,7,12-15,17H2,1-3H3,(H,26,30). The van der Waals surface area contributed by atoms with Gasteiger partial charge in [0.05, 0.1) is 19.6 Å². The van der Waals surface area contributed by atoms with E-state index in [0.29, 0.717) is 43.9 Å². The van der Waals surface area contributed by atoms with E-state index in [1.807, 2.05) is 43.3 Å². The lowest BCUT2D eigenvalue weighted by Gasteiger charge is -2.31. The zero-order chi connectivity index (χ0) is 23.1. The summed E-state index contributed by atoms with van der Waals surface area (Å²) in [6.45, 7) is 5.13. The maximum atomic E-state index is 13.2. The van der Waals surface area contributed by atoms with Gasteiger partial charge in [-0.15, -0.1) is 0 Å². The number of ether oxygens (including phenoxy) is 1. The Balaban J connectivity index is 1.81. The molecule has 0 spiro atoms. The van der Waals surface area contributed by atoms with Crippen molar-refractivity contribution in [1.82, 2.24) is 15.1 Å². The number of aryl methyl sites for hydroxylation is 1. The molecular formula is C25H31N3O4. The highest BCUT2D eigenvalue weighted by Gasteiger charge is 2.27. The first-order chi connectivity index (χ1) is 15.4. The molecule has 0 bridgehead atoms. The molecule has 1 fully saturated rings. The molecule has 0 radical (unpaired) electrons. The molecule has 0 saturated carbocycles. The Morgan fingerprint density at radius 1 is 1.06 bits per heavy atom. The minimum Gasteiger partial charge on any atom is -0.497 e. The van der Waals surface area contributed by atoms with Crippen LogP contribution in [0.15, 0.2) is 48.5 Å². The van der Waals surface area contributed by atoms with Crippen LogP contribution in [0.25, 0.3) is 0 Å². The van der Waals surface area contributed by atoms with Crippen LogP contribution in [0.3, 0.4) is 0 Å². The SMILES string of the molecule is COc1ccc(C(=O)N2CCCN(C(C)=O)C(c3ccccc3)CC(=O)NCC2)c(C)c1. The molecular weight excluding hydrogens is 406 g/mol. The number of nitrogens with one attached hydrogen (secondary N) is 1. The highest BCUT2D eigenvalue weighted by atomic mass is 16.5. The number of carbonyl (C=O) groups excluding carboxylic acids is 3. The van der Waals surface area contributed by atoms with Crippen LogP contribution in [0.5, 0.6) is 5.75 Å². The highest BCUT2D eigenvalue weighted by Crippen LogP contribution is 2.25. The first kappa shape index (κ1) is 23.3. The first-order valence-corrected chi connectivity index (χ1v) is 10.9. The molecule has 3 rings (SSSR count). The predicted molar refractivity (Wildman–Crippen MR) is 122 cm³/mol. The van der Waals surface area contributed by atoms with Crippen LogP contribution < -0.4 is 10.1 Å². The van der Waals surface area contributed by atoms with Crippen LogP contribution in [0, 0.1) is 6.92 Å². The van der Waals surface area contributed by atoms with Gasteiger partial charge < -0.3 is 19.9 Å². The van der Waals surface area contributed by atoms with Crippen LogP contribution in [-0.4, -0.2) is 60.8 Å². The third-order valence-corrected chi connectivity index (χ3v) is 5.83. The summed E-state index contributed by atoms with van der Waals surface area (Å²) < 4.78 is 5.24. The first-order valence-electron chi connectivity index (χ1n) is 10.9. The molecule has 32 heavy (non-hydrogen) atoms. The molecule has 1 aliphatic heterocycles. The molecule has 1 saturated heterocycles. The molecule has 2 aromatic rings. The second-order valence-corrected chi connectivity index (χ2v) is 8.02. The number of methoxy groups -OCH3 is 1. The summed E-state index contributed by atoms with van der Waals surface area (Å²) in [6.07, 6.45) is 0.813. The van der Waals surface area contributed by atoms with Gasteiger partial charge >= 0.3 is 0 Å². The van der Waals surface area contributed by atoms with Crippen molar-refractivity contribution in [3.05, 3.63) is 65.2 Å². The van der Waals surface area contributed by atoms with Crippen molar-refractivity contribution >= 4 is 17.7 Å². The van der Waals surface area contributed by atoms with Gasteiger partial charge in [-0.25, -0.2) is 0 Å². The number of rotatable bonds is 3. The average molecular weight is 438 g/mol. The minimum atomic E-state index is -0.334. The lowest BCUT2D eigenvalue weighted by atomic mass is 10.0. The van der Waals surface area contributed by atoms with Crippen LogP contribution >= 0.6 is 0 Å². The molecule has 1 atom stereocenters. The van der Waals surface area contributed by atoms with Gasteiger partial charge in [0.2, 0.25) is 11.8 Å². The van der Waals surface area contributed by atoms with Crippen molar-refractivity contribution in [2.45, 2.75) is 32.7 Å². The third-order valence-electron chi connectivity index (χ3n) is 5.83. The second kappa shape index (κ2) is 10.8. The van der Waals surface area contributed by atoms with E-state index in [4.69, 9.17) is 4.74 Å². The number of benzene rings is 2. The molecule has 1 heterocycles. The predicted octanol–water partition coefficient (Wildman–Crippen LogP) is 2.95. The Labute approximate surface area is 189 Å². The third kappa shape index (κ3) is 5.66. The fourth-order valence-corrected chi connectivity index (χ4v) is 4.11. The number of amides is 3. The van der Waals surface area contributed by atoms with Crippen molar-refractivity contribution in [2.24, 2.45) is 0 Å². The van der Waals surface area contributed by atoms with Crippen LogP contribution in [0.4, 0.5) is 0 Å². The lowest BCUT2D eigenvalue weighted by Crippen LogP contribution is -2.39. The van der Waals surface area contributed by atoms with E-state index < -0.39 is 0 Å². The van der Waals surface area contributed by atoms with E-state index >= 15 is 0 Å². The summed E-state index contributed by atoms with van der Waals surface area (Å²) in [6, 6.07) is 14.7.